The zero-order valence-electron chi connectivity index (χ0n) is 15.3. The molecule has 1 aliphatic heterocycles. The monoisotopic (exact) mass is 411 g/mol. The van der Waals surface area contributed by atoms with Crippen molar-refractivity contribution in [1.82, 2.24) is 10.2 Å². The molecule has 1 heterocycles. The van der Waals surface area contributed by atoms with E-state index in [-0.39, 0.29) is 16.6 Å². The molecule has 4 amide bonds. The molecule has 1 saturated carbocycles. The van der Waals surface area contributed by atoms with Crippen LogP contribution in [0.25, 0.3) is 0 Å². The van der Waals surface area contributed by atoms with Gasteiger partial charge in [-0.1, -0.05) is 11.6 Å². The number of carbonyl (C=O) groups is 4. The number of rotatable bonds is 6. The number of ether oxygens (including phenoxy) is 1. The maximum atomic E-state index is 13.0. The molecule has 150 valence electrons. The molecule has 0 spiro atoms. The van der Waals surface area contributed by atoms with Crippen LogP contribution in [0.3, 0.4) is 0 Å². The summed E-state index contributed by atoms with van der Waals surface area (Å²) in [6.45, 7) is 2.37. The van der Waals surface area contributed by atoms with Crippen molar-refractivity contribution in [3.05, 3.63) is 29.0 Å². The number of imide groups is 1. The predicted molar refractivity (Wildman–Crippen MR) is 97.0 cm³/mol. The van der Waals surface area contributed by atoms with Gasteiger partial charge in [0.25, 0.3) is 11.8 Å². The summed E-state index contributed by atoms with van der Waals surface area (Å²) >= 11 is 5.84. The summed E-state index contributed by atoms with van der Waals surface area (Å²) < 4.78 is 18.1. The summed E-state index contributed by atoms with van der Waals surface area (Å²) in [7, 11) is 0. The van der Waals surface area contributed by atoms with Gasteiger partial charge in [-0.2, -0.15) is 0 Å². The maximum Gasteiger partial charge on any atom is 0.327 e. The number of benzene rings is 1. The summed E-state index contributed by atoms with van der Waals surface area (Å²) in [5, 5.41) is 5.03. The molecule has 0 bridgehead atoms. The van der Waals surface area contributed by atoms with E-state index in [1.807, 2.05) is 0 Å². The van der Waals surface area contributed by atoms with Crippen LogP contribution in [0.1, 0.15) is 26.7 Å². The van der Waals surface area contributed by atoms with Crippen LogP contribution in [0.2, 0.25) is 5.02 Å². The molecule has 1 saturated heterocycles. The lowest BCUT2D eigenvalue weighted by molar-refractivity contribution is -0.155. The number of esters is 1. The number of nitrogens with zero attached hydrogens (tertiary/aromatic N) is 1. The SMILES string of the molecule is C[C@H](OC(=O)CN1C(=O)N[C@](C)(C2CC2)C1=O)C(=O)Nc1ccc(F)cc1Cl. The van der Waals surface area contributed by atoms with Gasteiger partial charge in [-0.05, 0) is 50.8 Å². The van der Waals surface area contributed by atoms with Crippen LogP contribution < -0.4 is 10.6 Å². The van der Waals surface area contributed by atoms with Gasteiger partial charge in [0, 0.05) is 0 Å². The third-order valence-corrected chi connectivity index (χ3v) is 5.16. The van der Waals surface area contributed by atoms with Crippen LogP contribution in [-0.2, 0) is 19.1 Å². The second kappa shape index (κ2) is 7.38. The first kappa shape index (κ1) is 20.1. The highest BCUT2D eigenvalue weighted by atomic mass is 35.5. The Morgan fingerprint density at radius 1 is 1.43 bits per heavy atom. The molecule has 2 N–H and O–H groups in total. The fourth-order valence-corrected chi connectivity index (χ4v) is 3.25. The molecule has 8 nitrogen and oxygen atoms in total. The molecule has 3 rings (SSSR count). The number of nitrogens with one attached hydrogen (secondary N) is 2. The molecule has 1 aliphatic carbocycles. The lowest BCUT2D eigenvalue weighted by Crippen LogP contribution is -2.46. The van der Waals surface area contributed by atoms with Gasteiger partial charge in [0.15, 0.2) is 6.10 Å². The topological polar surface area (TPSA) is 105 Å². The highest BCUT2D eigenvalue weighted by molar-refractivity contribution is 6.33. The lowest BCUT2D eigenvalue weighted by atomic mass is 9.96. The Labute approximate surface area is 165 Å². The first-order valence-corrected chi connectivity index (χ1v) is 9.09. The Morgan fingerprint density at radius 2 is 2.11 bits per heavy atom. The van der Waals surface area contributed by atoms with E-state index in [4.69, 9.17) is 16.3 Å². The van der Waals surface area contributed by atoms with Crippen LogP contribution >= 0.6 is 11.6 Å². The first-order valence-electron chi connectivity index (χ1n) is 8.71. The van der Waals surface area contributed by atoms with Crippen LogP contribution in [0.4, 0.5) is 14.9 Å². The van der Waals surface area contributed by atoms with Crippen LogP contribution in [0, 0.1) is 11.7 Å². The number of hydrogen-bond donors (Lipinski definition) is 2. The van der Waals surface area contributed by atoms with Gasteiger partial charge >= 0.3 is 12.0 Å². The van der Waals surface area contributed by atoms with Crippen LogP contribution in [-0.4, -0.2) is 46.9 Å². The highest BCUT2D eigenvalue weighted by Crippen LogP contribution is 2.42. The van der Waals surface area contributed by atoms with Crippen LogP contribution in [0.5, 0.6) is 0 Å². The minimum atomic E-state index is -1.22. The average molecular weight is 412 g/mol. The number of anilines is 1. The molecule has 0 aromatic heterocycles. The number of carbonyl (C=O) groups excluding carboxylic acids is 4. The molecule has 1 aromatic carbocycles. The minimum Gasteiger partial charge on any atom is -0.451 e. The summed E-state index contributed by atoms with van der Waals surface area (Å²) in [6, 6.07) is 2.76. The Morgan fingerprint density at radius 3 is 2.71 bits per heavy atom. The van der Waals surface area contributed by atoms with Gasteiger partial charge in [-0.15, -0.1) is 0 Å². The van der Waals surface area contributed by atoms with Crippen molar-refractivity contribution in [2.75, 3.05) is 11.9 Å². The zero-order valence-corrected chi connectivity index (χ0v) is 16.0. The molecule has 28 heavy (non-hydrogen) atoms. The number of urea groups is 1. The second-order valence-corrected chi connectivity index (χ2v) is 7.45. The molecule has 2 atom stereocenters. The lowest BCUT2D eigenvalue weighted by Gasteiger charge is -2.21. The van der Waals surface area contributed by atoms with E-state index in [1.165, 1.54) is 13.0 Å². The van der Waals surface area contributed by atoms with Gasteiger partial charge in [-0.3, -0.25) is 19.3 Å². The molecular formula is C18H19ClFN3O5. The Kier molecular flexibility index (Phi) is 5.29. The smallest absolute Gasteiger partial charge is 0.327 e. The highest BCUT2D eigenvalue weighted by Gasteiger charge is 2.56. The summed E-state index contributed by atoms with van der Waals surface area (Å²) in [4.78, 5) is 49.6. The van der Waals surface area contributed by atoms with E-state index >= 15 is 0 Å². The number of hydrogen-bond acceptors (Lipinski definition) is 5. The van der Waals surface area contributed by atoms with Crippen molar-refractivity contribution in [2.24, 2.45) is 5.92 Å². The summed E-state index contributed by atoms with van der Waals surface area (Å²) in [6.07, 6.45) is 0.456. The van der Waals surface area contributed by atoms with Crippen molar-refractivity contribution in [1.29, 1.82) is 0 Å². The van der Waals surface area contributed by atoms with Gasteiger partial charge in [0.05, 0.1) is 10.7 Å². The van der Waals surface area contributed by atoms with E-state index < -0.39 is 47.8 Å². The molecule has 0 radical (unpaired) electrons. The summed E-state index contributed by atoms with van der Waals surface area (Å²) in [5.41, 5.74) is -0.843. The molecule has 1 aromatic rings. The third kappa shape index (κ3) is 3.94. The second-order valence-electron chi connectivity index (χ2n) is 7.04. The quantitative estimate of drug-likeness (QED) is 0.550. The fourth-order valence-electron chi connectivity index (χ4n) is 3.04. The van der Waals surface area contributed by atoms with Crippen LogP contribution in [0.15, 0.2) is 18.2 Å². The largest absolute Gasteiger partial charge is 0.451 e. The molecular weight excluding hydrogens is 393 g/mol. The number of halogens is 2. The van der Waals surface area contributed by atoms with E-state index in [9.17, 15) is 23.6 Å². The van der Waals surface area contributed by atoms with Crippen molar-refractivity contribution in [2.45, 2.75) is 38.3 Å². The van der Waals surface area contributed by atoms with Crippen molar-refractivity contribution < 1.29 is 28.3 Å². The molecule has 2 aliphatic rings. The normalized spacial score (nSPS) is 22.6. The fraction of sp³-hybridized carbons (Fsp3) is 0.444. The summed E-state index contributed by atoms with van der Waals surface area (Å²) in [5.74, 6) is -2.57. The molecule has 0 unspecified atom stereocenters. The standard InChI is InChI=1S/C18H19ClFN3O5/c1-9(15(25)21-13-6-5-11(20)7-12(13)19)28-14(24)8-23-16(26)18(2,10-3-4-10)22-17(23)27/h5-7,9-10H,3-4,8H2,1-2H3,(H,21,25)(H,22,27)/t9-,18+/m0/s1. The van der Waals surface area contributed by atoms with E-state index in [0.717, 1.165) is 29.9 Å². The Bertz CT molecular complexity index is 860. The van der Waals surface area contributed by atoms with Crippen molar-refractivity contribution in [3.63, 3.8) is 0 Å². The molecule has 2 fully saturated rings. The first-order chi connectivity index (χ1) is 13.1. The Hall–Kier alpha value is -2.68. The van der Waals surface area contributed by atoms with Gasteiger partial charge < -0.3 is 15.4 Å². The zero-order chi connectivity index (χ0) is 20.6. The number of amides is 4. The van der Waals surface area contributed by atoms with E-state index in [0.29, 0.717) is 0 Å². The van der Waals surface area contributed by atoms with Gasteiger partial charge in [0.2, 0.25) is 0 Å². The maximum absolute atomic E-state index is 13.0. The van der Waals surface area contributed by atoms with Crippen molar-refractivity contribution >= 4 is 41.1 Å². The predicted octanol–water partition coefficient (Wildman–Crippen LogP) is 2.07. The van der Waals surface area contributed by atoms with E-state index in [1.54, 1.807) is 6.92 Å². The van der Waals surface area contributed by atoms with Gasteiger partial charge in [0.1, 0.15) is 17.9 Å². The minimum absolute atomic E-state index is 0.00873. The van der Waals surface area contributed by atoms with E-state index in [2.05, 4.69) is 10.6 Å². The Balaban J connectivity index is 1.56. The molecule has 10 heteroatoms. The van der Waals surface area contributed by atoms with Crippen molar-refractivity contribution in [3.8, 4) is 0 Å². The van der Waals surface area contributed by atoms with Gasteiger partial charge in [-0.25, -0.2) is 9.18 Å². The third-order valence-electron chi connectivity index (χ3n) is 4.85. The average Bonchev–Trinajstić information content (AvgIpc) is 3.43.